The first kappa shape index (κ1) is 8.66. The monoisotopic (exact) mass is 202 g/mol. The molecule has 4 nitrogen and oxygen atoms in total. The van der Waals surface area contributed by atoms with Gasteiger partial charge in [-0.2, -0.15) is 5.26 Å². The molecule has 5 heteroatoms. The van der Waals surface area contributed by atoms with Gasteiger partial charge in [0.1, 0.15) is 0 Å². The molecule has 0 saturated heterocycles. The van der Waals surface area contributed by atoms with E-state index in [1.54, 1.807) is 23.7 Å². The Labute approximate surface area is 84.9 Å². The smallest absolute Gasteiger partial charge is 0.236 e. The van der Waals surface area contributed by atoms with E-state index in [0.717, 1.165) is 10.6 Å². The number of hydrogen-bond acceptors (Lipinski definition) is 5. The van der Waals surface area contributed by atoms with Crippen LogP contribution in [0.4, 0.5) is 5.95 Å². The molecular formula is C9H6N4S. The summed E-state index contributed by atoms with van der Waals surface area (Å²) in [6.07, 6.45) is 3.41. The predicted molar refractivity (Wildman–Crippen MR) is 54.6 cm³/mol. The molecule has 0 bridgehead atoms. The van der Waals surface area contributed by atoms with Crippen LogP contribution < -0.4 is 5.32 Å². The van der Waals surface area contributed by atoms with E-state index in [4.69, 9.17) is 5.26 Å². The zero-order valence-electron chi connectivity index (χ0n) is 7.14. The first-order chi connectivity index (χ1) is 6.90. The van der Waals surface area contributed by atoms with E-state index in [1.165, 1.54) is 0 Å². The second kappa shape index (κ2) is 3.85. The number of hydrogen-bond donors (Lipinski definition) is 1. The minimum Gasteiger partial charge on any atom is -0.261 e. The van der Waals surface area contributed by atoms with Crippen LogP contribution in [0.3, 0.4) is 0 Å². The highest BCUT2D eigenvalue weighted by atomic mass is 32.1. The third kappa shape index (κ3) is 1.70. The quantitative estimate of drug-likeness (QED) is 0.598. The second-order valence-electron chi connectivity index (χ2n) is 2.48. The lowest BCUT2D eigenvalue weighted by atomic mass is 10.3. The molecule has 0 aliphatic heterocycles. The molecule has 2 heterocycles. The van der Waals surface area contributed by atoms with Gasteiger partial charge in [0.05, 0.1) is 10.6 Å². The van der Waals surface area contributed by atoms with Gasteiger partial charge in [-0.05, 0) is 17.5 Å². The van der Waals surface area contributed by atoms with Crippen molar-refractivity contribution < 1.29 is 0 Å². The lowest BCUT2D eigenvalue weighted by Gasteiger charge is -1.98. The average Bonchev–Trinajstić information content (AvgIpc) is 2.71. The van der Waals surface area contributed by atoms with Gasteiger partial charge in [0.25, 0.3) is 0 Å². The zero-order chi connectivity index (χ0) is 9.80. The SMILES string of the molecule is N#CNc1nccc(-c2cccs2)n1. The molecule has 0 aromatic carbocycles. The van der Waals surface area contributed by atoms with Gasteiger partial charge in [-0.15, -0.1) is 11.3 Å². The van der Waals surface area contributed by atoms with E-state index in [2.05, 4.69) is 15.3 Å². The van der Waals surface area contributed by atoms with Crippen molar-refractivity contribution in [2.75, 3.05) is 5.32 Å². The maximum atomic E-state index is 8.40. The summed E-state index contributed by atoms with van der Waals surface area (Å²) >= 11 is 1.60. The normalized spacial score (nSPS) is 9.36. The van der Waals surface area contributed by atoms with Gasteiger partial charge >= 0.3 is 0 Å². The van der Waals surface area contributed by atoms with Crippen LogP contribution in [-0.4, -0.2) is 9.97 Å². The highest BCUT2D eigenvalue weighted by molar-refractivity contribution is 7.13. The number of anilines is 1. The Morgan fingerprint density at radius 3 is 3.07 bits per heavy atom. The summed E-state index contributed by atoms with van der Waals surface area (Å²) < 4.78 is 0. The van der Waals surface area contributed by atoms with E-state index in [9.17, 15) is 0 Å². The summed E-state index contributed by atoms with van der Waals surface area (Å²) in [5.74, 6) is 0.332. The van der Waals surface area contributed by atoms with Crippen molar-refractivity contribution in [2.45, 2.75) is 0 Å². The standard InChI is InChI=1S/C9H6N4S/c10-6-12-9-11-4-3-7(13-9)8-2-1-5-14-8/h1-5H,(H,11,12,13). The van der Waals surface area contributed by atoms with Crippen molar-refractivity contribution in [1.82, 2.24) is 9.97 Å². The van der Waals surface area contributed by atoms with Gasteiger partial charge < -0.3 is 0 Å². The molecule has 2 rings (SSSR count). The van der Waals surface area contributed by atoms with Gasteiger partial charge in [0.15, 0.2) is 6.19 Å². The van der Waals surface area contributed by atoms with Crippen molar-refractivity contribution in [2.24, 2.45) is 0 Å². The Balaban J connectivity index is 2.37. The maximum Gasteiger partial charge on any atom is 0.236 e. The molecule has 0 aliphatic carbocycles. The number of nitriles is 1. The number of rotatable bonds is 2. The van der Waals surface area contributed by atoms with Gasteiger partial charge in [0.2, 0.25) is 5.95 Å². The largest absolute Gasteiger partial charge is 0.261 e. The molecule has 0 amide bonds. The summed E-state index contributed by atoms with van der Waals surface area (Å²) in [4.78, 5) is 9.13. The van der Waals surface area contributed by atoms with E-state index in [-0.39, 0.29) is 0 Å². The molecule has 0 radical (unpaired) electrons. The van der Waals surface area contributed by atoms with Gasteiger partial charge in [0, 0.05) is 6.20 Å². The molecule has 14 heavy (non-hydrogen) atoms. The van der Waals surface area contributed by atoms with Gasteiger partial charge in [-0.3, -0.25) is 5.32 Å². The van der Waals surface area contributed by atoms with Gasteiger partial charge in [-0.25, -0.2) is 9.97 Å². The molecule has 2 aromatic heterocycles. The molecular weight excluding hydrogens is 196 g/mol. The Kier molecular flexibility index (Phi) is 2.38. The Morgan fingerprint density at radius 2 is 2.36 bits per heavy atom. The summed E-state index contributed by atoms with van der Waals surface area (Å²) in [6.45, 7) is 0. The summed E-state index contributed by atoms with van der Waals surface area (Å²) in [5, 5.41) is 12.8. The minimum absolute atomic E-state index is 0.332. The van der Waals surface area contributed by atoms with E-state index in [1.807, 2.05) is 23.6 Å². The van der Waals surface area contributed by atoms with Crippen LogP contribution in [-0.2, 0) is 0 Å². The number of nitrogens with one attached hydrogen (secondary N) is 1. The average molecular weight is 202 g/mol. The fourth-order valence-corrected chi connectivity index (χ4v) is 1.73. The van der Waals surface area contributed by atoms with Crippen molar-refractivity contribution in [3.63, 3.8) is 0 Å². The molecule has 0 atom stereocenters. The van der Waals surface area contributed by atoms with Crippen molar-refractivity contribution in [3.05, 3.63) is 29.8 Å². The molecule has 68 valence electrons. The fourth-order valence-electron chi connectivity index (χ4n) is 1.03. The van der Waals surface area contributed by atoms with E-state index >= 15 is 0 Å². The highest BCUT2D eigenvalue weighted by Crippen LogP contribution is 2.22. The second-order valence-corrected chi connectivity index (χ2v) is 3.43. The highest BCUT2D eigenvalue weighted by Gasteiger charge is 2.01. The molecule has 0 spiro atoms. The third-order valence-corrected chi connectivity index (χ3v) is 2.49. The first-order valence-corrected chi connectivity index (χ1v) is 4.80. The third-order valence-electron chi connectivity index (χ3n) is 1.60. The fraction of sp³-hybridized carbons (Fsp3) is 0. The summed E-state index contributed by atoms with van der Waals surface area (Å²) in [5.41, 5.74) is 0.827. The predicted octanol–water partition coefficient (Wildman–Crippen LogP) is 2.10. The molecule has 0 aliphatic rings. The molecule has 0 unspecified atom stereocenters. The molecule has 1 N–H and O–H groups in total. The van der Waals surface area contributed by atoms with Gasteiger partial charge in [-0.1, -0.05) is 6.07 Å². The van der Waals surface area contributed by atoms with E-state index in [0.29, 0.717) is 5.95 Å². The minimum atomic E-state index is 0.332. The maximum absolute atomic E-state index is 8.40. The van der Waals surface area contributed by atoms with Crippen molar-refractivity contribution in [1.29, 1.82) is 5.26 Å². The molecule has 0 saturated carbocycles. The van der Waals surface area contributed by atoms with Crippen molar-refractivity contribution >= 4 is 17.3 Å². The summed E-state index contributed by atoms with van der Waals surface area (Å²) in [7, 11) is 0. The van der Waals surface area contributed by atoms with Crippen LogP contribution >= 0.6 is 11.3 Å². The van der Waals surface area contributed by atoms with Crippen LogP contribution in [0.25, 0.3) is 10.6 Å². The van der Waals surface area contributed by atoms with E-state index < -0.39 is 0 Å². The van der Waals surface area contributed by atoms with Crippen LogP contribution in [0.1, 0.15) is 0 Å². The Hall–Kier alpha value is -1.93. The molecule has 0 fully saturated rings. The summed E-state index contributed by atoms with van der Waals surface area (Å²) in [6, 6.07) is 5.75. The number of thiophene rings is 1. The zero-order valence-corrected chi connectivity index (χ0v) is 7.95. The lowest BCUT2D eigenvalue weighted by Crippen LogP contribution is -1.95. The van der Waals surface area contributed by atoms with Crippen LogP contribution in [0.5, 0.6) is 0 Å². The number of nitrogens with zero attached hydrogens (tertiary/aromatic N) is 3. The topological polar surface area (TPSA) is 61.6 Å². The van der Waals surface area contributed by atoms with Crippen LogP contribution in [0, 0.1) is 11.5 Å². The number of aromatic nitrogens is 2. The first-order valence-electron chi connectivity index (χ1n) is 3.92. The van der Waals surface area contributed by atoms with Crippen LogP contribution in [0.15, 0.2) is 29.8 Å². The Bertz CT molecular complexity index is 458. The Morgan fingerprint density at radius 1 is 1.43 bits per heavy atom. The van der Waals surface area contributed by atoms with Crippen molar-refractivity contribution in [3.8, 4) is 16.8 Å². The van der Waals surface area contributed by atoms with Crippen LogP contribution in [0.2, 0.25) is 0 Å². The molecule has 2 aromatic rings. The lowest BCUT2D eigenvalue weighted by molar-refractivity contribution is 1.17.